The highest BCUT2D eigenvalue weighted by Gasteiger charge is 2.22. The molecule has 0 fully saturated rings. The molecule has 0 spiro atoms. The Labute approximate surface area is 200 Å². The third kappa shape index (κ3) is 5.86. The molecule has 3 rings (SSSR count). The zero-order valence-electron chi connectivity index (χ0n) is 19.0. The van der Waals surface area contributed by atoms with Crippen LogP contribution in [0.15, 0.2) is 65.6 Å². The Morgan fingerprint density at radius 3 is 2.42 bits per heavy atom. The first kappa shape index (κ1) is 24.6. The van der Waals surface area contributed by atoms with Crippen LogP contribution in [0.3, 0.4) is 0 Å². The molecule has 0 aliphatic rings. The van der Waals surface area contributed by atoms with Crippen molar-refractivity contribution in [3.05, 3.63) is 87.9 Å². The van der Waals surface area contributed by atoms with Crippen LogP contribution in [-0.4, -0.2) is 20.9 Å². The van der Waals surface area contributed by atoms with Crippen LogP contribution in [0, 0.1) is 13.8 Å². The number of amides is 1. The molecule has 8 heteroatoms. The van der Waals surface area contributed by atoms with E-state index in [9.17, 15) is 13.2 Å². The summed E-state index contributed by atoms with van der Waals surface area (Å²) in [6, 6.07) is 16.7. The highest BCUT2D eigenvalue weighted by Crippen LogP contribution is 2.27. The van der Waals surface area contributed by atoms with E-state index >= 15 is 0 Å². The third-order valence-electron chi connectivity index (χ3n) is 5.37. The third-order valence-corrected chi connectivity index (χ3v) is 7.22. The van der Waals surface area contributed by atoms with Gasteiger partial charge in [-0.3, -0.25) is 9.52 Å². The molecule has 1 amide bonds. The Kier molecular flexibility index (Phi) is 7.66. The van der Waals surface area contributed by atoms with Crippen molar-refractivity contribution in [2.45, 2.75) is 38.6 Å². The van der Waals surface area contributed by atoms with E-state index in [-0.39, 0.29) is 21.5 Å². The summed E-state index contributed by atoms with van der Waals surface area (Å²) in [6.45, 7) is 8.07. The van der Waals surface area contributed by atoms with Gasteiger partial charge >= 0.3 is 0 Å². The number of rotatable bonds is 8. The minimum Gasteiger partial charge on any atom is -0.494 e. The maximum atomic E-state index is 13.1. The van der Waals surface area contributed by atoms with Gasteiger partial charge in [-0.15, -0.1) is 0 Å². The van der Waals surface area contributed by atoms with Crippen molar-refractivity contribution in [1.29, 1.82) is 0 Å². The first-order chi connectivity index (χ1) is 15.6. The number of ether oxygens (including phenoxy) is 1. The van der Waals surface area contributed by atoms with Gasteiger partial charge in [-0.1, -0.05) is 35.9 Å². The summed E-state index contributed by atoms with van der Waals surface area (Å²) in [5.41, 5.74) is 3.32. The van der Waals surface area contributed by atoms with Crippen LogP contribution in [0.4, 0.5) is 5.69 Å². The number of carbonyl (C=O) groups is 1. The maximum absolute atomic E-state index is 13.1. The SMILES string of the molecule is CCOc1ccc([C@@H](C)NC(=O)c2ccc(Cl)c(S(=O)(=O)Nc3cccc(C)c3C)c2)cc1. The number of benzene rings is 3. The van der Waals surface area contributed by atoms with Crippen molar-refractivity contribution < 1.29 is 17.9 Å². The number of hydrogen-bond acceptors (Lipinski definition) is 4. The van der Waals surface area contributed by atoms with Crippen LogP contribution in [-0.2, 0) is 10.0 Å². The lowest BCUT2D eigenvalue weighted by molar-refractivity contribution is 0.0939. The summed E-state index contributed by atoms with van der Waals surface area (Å²) in [5.74, 6) is 0.347. The standard InChI is InChI=1S/C25H27ClN2O4S/c1-5-32-21-12-9-19(10-13-21)18(4)27-25(29)20-11-14-22(26)24(15-20)33(30,31)28-23-8-6-7-16(2)17(23)3/h6-15,18,28H,5H2,1-4H3,(H,27,29)/t18-/m1/s1. The van der Waals surface area contributed by atoms with E-state index in [1.54, 1.807) is 12.1 Å². The Balaban J connectivity index is 1.81. The topological polar surface area (TPSA) is 84.5 Å². The second kappa shape index (κ2) is 10.3. The predicted octanol–water partition coefficient (Wildman–Crippen LogP) is 5.65. The molecular weight excluding hydrogens is 460 g/mol. The molecular formula is C25H27ClN2O4S. The Bertz CT molecular complexity index is 1260. The van der Waals surface area contributed by atoms with E-state index in [4.69, 9.17) is 16.3 Å². The smallest absolute Gasteiger partial charge is 0.263 e. The predicted molar refractivity (Wildman–Crippen MR) is 132 cm³/mol. The Morgan fingerprint density at radius 2 is 1.76 bits per heavy atom. The first-order valence-corrected chi connectivity index (χ1v) is 12.4. The van der Waals surface area contributed by atoms with Crippen molar-refractivity contribution in [1.82, 2.24) is 5.32 Å². The largest absolute Gasteiger partial charge is 0.494 e. The fraction of sp³-hybridized carbons (Fsp3) is 0.240. The number of halogens is 1. The summed E-state index contributed by atoms with van der Waals surface area (Å²) in [7, 11) is -4.01. The van der Waals surface area contributed by atoms with E-state index < -0.39 is 15.9 Å². The second-order valence-corrected chi connectivity index (χ2v) is 9.75. The normalized spacial score (nSPS) is 12.2. The van der Waals surface area contributed by atoms with Crippen molar-refractivity contribution >= 4 is 33.2 Å². The molecule has 0 aliphatic carbocycles. The summed E-state index contributed by atoms with van der Waals surface area (Å²) in [4.78, 5) is 12.7. The van der Waals surface area contributed by atoms with Gasteiger partial charge in [0.15, 0.2) is 0 Å². The molecule has 0 aromatic heterocycles. The lowest BCUT2D eigenvalue weighted by atomic mass is 10.1. The fourth-order valence-corrected chi connectivity index (χ4v) is 4.94. The molecule has 0 aliphatic heterocycles. The summed E-state index contributed by atoms with van der Waals surface area (Å²) in [5, 5.41) is 2.92. The van der Waals surface area contributed by atoms with Crippen LogP contribution < -0.4 is 14.8 Å². The highest BCUT2D eigenvalue weighted by molar-refractivity contribution is 7.92. The van der Waals surface area contributed by atoms with Crippen molar-refractivity contribution in [2.75, 3.05) is 11.3 Å². The molecule has 0 saturated carbocycles. The van der Waals surface area contributed by atoms with Gasteiger partial charge < -0.3 is 10.1 Å². The lowest BCUT2D eigenvalue weighted by Crippen LogP contribution is -2.27. The van der Waals surface area contributed by atoms with E-state index in [1.807, 2.05) is 58.0 Å². The molecule has 3 aromatic rings. The van der Waals surface area contributed by atoms with Gasteiger partial charge in [0.25, 0.3) is 15.9 Å². The second-order valence-electron chi connectivity index (χ2n) is 7.70. The van der Waals surface area contributed by atoms with E-state index in [0.29, 0.717) is 12.3 Å². The molecule has 0 unspecified atom stereocenters. The number of hydrogen-bond donors (Lipinski definition) is 2. The monoisotopic (exact) mass is 486 g/mol. The van der Waals surface area contributed by atoms with Gasteiger partial charge in [0.05, 0.1) is 23.4 Å². The molecule has 33 heavy (non-hydrogen) atoms. The molecule has 2 N–H and O–H groups in total. The molecule has 174 valence electrons. The van der Waals surface area contributed by atoms with Crippen molar-refractivity contribution in [3.63, 3.8) is 0 Å². The Morgan fingerprint density at radius 1 is 1.06 bits per heavy atom. The van der Waals surface area contributed by atoms with Gasteiger partial charge in [0.1, 0.15) is 10.6 Å². The van der Waals surface area contributed by atoms with Gasteiger partial charge in [-0.05, 0) is 80.8 Å². The number of nitrogens with one attached hydrogen (secondary N) is 2. The zero-order chi connectivity index (χ0) is 24.2. The van der Waals surface area contributed by atoms with Gasteiger partial charge in [0.2, 0.25) is 0 Å². The minimum atomic E-state index is -4.01. The molecule has 0 radical (unpaired) electrons. The molecule has 3 aromatic carbocycles. The van der Waals surface area contributed by atoms with Gasteiger partial charge in [-0.25, -0.2) is 8.42 Å². The number of anilines is 1. The van der Waals surface area contributed by atoms with E-state index in [0.717, 1.165) is 22.4 Å². The maximum Gasteiger partial charge on any atom is 0.263 e. The summed E-state index contributed by atoms with van der Waals surface area (Å²) < 4.78 is 34.1. The summed E-state index contributed by atoms with van der Waals surface area (Å²) >= 11 is 6.20. The number of aryl methyl sites for hydroxylation is 1. The van der Waals surface area contributed by atoms with Crippen molar-refractivity contribution in [3.8, 4) is 5.75 Å². The first-order valence-electron chi connectivity index (χ1n) is 10.5. The van der Waals surface area contributed by atoms with E-state index in [2.05, 4.69) is 10.0 Å². The number of sulfonamides is 1. The van der Waals surface area contributed by atoms with Crippen LogP contribution in [0.5, 0.6) is 5.75 Å². The van der Waals surface area contributed by atoms with Gasteiger partial charge in [0, 0.05) is 5.56 Å². The van der Waals surface area contributed by atoms with Crippen LogP contribution in [0.25, 0.3) is 0 Å². The zero-order valence-corrected chi connectivity index (χ0v) is 20.5. The average molecular weight is 487 g/mol. The quantitative estimate of drug-likeness (QED) is 0.431. The van der Waals surface area contributed by atoms with Crippen LogP contribution in [0.1, 0.15) is 46.9 Å². The highest BCUT2D eigenvalue weighted by atomic mass is 35.5. The molecule has 1 atom stereocenters. The molecule has 6 nitrogen and oxygen atoms in total. The fourth-order valence-electron chi connectivity index (χ4n) is 3.29. The van der Waals surface area contributed by atoms with E-state index in [1.165, 1.54) is 18.2 Å². The molecule has 0 saturated heterocycles. The van der Waals surface area contributed by atoms with Crippen LogP contribution in [0.2, 0.25) is 5.02 Å². The van der Waals surface area contributed by atoms with Gasteiger partial charge in [-0.2, -0.15) is 0 Å². The van der Waals surface area contributed by atoms with Crippen LogP contribution >= 0.6 is 11.6 Å². The minimum absolute atomic E-state index is 0.0314. The summed E-state index contributed by atoms with van der Waals surface area (Å²) in [6.07, 6.45) is 0. The number of carbonyl (C=O) groups excluding carboxylic acids is 1. The van der Waals surface area contributed by atoms with Crippen molar-refractivity contribution in [2.24, 2.45) is 0 Å². The molecule has 0 bridgehead atoms. The lowest BCUT2D eigenvalue weighted by Gasteiger charge is -2.16. The average Bonchev–Trinajstić information content (AvgIpc) is 2.77. The molecule has 0 heterocycles. The Hall–Kier alpha value is -3.03.